The topological polar surface area (TPSA) is 63.5 Å². The fraction of sp³-hybridized carbons (Fsp3) is 0.400. The van der Waals surface area contributed by atoms with E-state index in [-0.39, 0.29) is 23.7 Å². The lowest BCUT2D eigenvalue weighted by Crippen LogP contribution is -2.38. The Hall–Kier alpha value is -2.74. The standard InChI is InChI=1S/C20H21F2N5O/c21-15-9-16(22)20(25-12-2-1-6-23-10-12)26-19(15)17-11-24-18-8-14(5-7-27(17)18)28-13-3-4-13/h5,7-9,11-13,23H,1-4,6,10H2,(H,25,26)/t12-/m1/s1. The van der Waals surface area contributed by atoms with E-state index in [1.165, 1.54) is 0 Å². The van der Waals surface area contributed by atoms with Crippen LogP contribution in [0.1, 0.15) is 25.7 Å². The summed E-state index contributed by atoms with van der Waals surface area (Å²) in [5.74, 6) is -0.605. The number of halogens is 2. The van der Waals surface area contributed by atoms with Crippen LogP contribution in [0.5, 0.6) is 5.75 Å². The number of anilines is 1. The molecular weight excluding hydrogens is 364 g/mol. The number of imidazole rings is 1. The van der Waals surface area contributed by atoms with E-state index in [0.29, 0.717) is 11.3 Å². The summed E-state index contributed by atoms with van der Waals surface area (Å²) in [6.45, 7) is 1.68. The van der Waals surface area contributed by atoms with Crippen molar-refractivity contribution >= 4 is 11.5 Å². The quantitative estimate of drug-likeness (QED) is 0.705. The van der Waals surface area contributed by atoms with Crippen LogP contribution in [0, 0.1) is 11.6 Å². The molecule has 3 aromatic heterocycles. The van der Waals surface area contributed by atoms with E-state index in [4.69, 9.17) is 4.74 Å². The van der Waals surface area contributed by atoms with Crippen molar-refractivity contribution in [3.8, 4) is 17.1 Å². The largest absolute Gasteiger partial charge is 0.490 e. The van der Waals surface area contributed by atoms with Gasteiger partial charge in [0.1, 0.15) is 17.1 Å². The molecule has 0 unspecified atom stereocenters. The number of pyridine rings is 2. The Bertz CT molecular complexity index is 1010. The molecule has 1 saturated heterocycles. The summed E-state index contributed by atoms with van der Waals surface area (Å²) in [5.41, 5.74) is 1.16. The minimum atomic E-state index is -0.718. The minimum Gasteiger partial charge on any atom is -0.490 e. The highest BCUT2D eigenvalue weighted by atomic mass is 19.1. The summed E-state index contributed by atoms with van der Waals surface area (Å²) in [4.78, 5) is 8.60. The molecule has 8 heteroatoms. The maximum atomic E-state index is 14.6. The van der Waals surface area contributed by atoms with E-state index in [1.54, 1.807) is 16.8 Å². The van der Waals surface area contributed by atoms with Gasteiger partial charge in [-0.2, -0.15) is 0 Å². The third-order valence-electron chi connectivity index (χ3n) is 5.12. The molecule has 0 radical (unpaired) electrons. The van der Waals surface area contributed by atoms with Crippen LogP contribution in [0.15, 0.2) is 30.6 Å². The zero-order valence-corrected chi connectivity index (χ0v) is 15.3. The molecule has 1 aliphatic carbocycles. The molecule has 0 spiro atoms. The van der Waals surface area contributed by atoms with Gasteiger partial charge in [-0.05, 0) is 38.3 Å². The van der Waals surface area contributed by atoms with Gasteiger partial charge < -0.3 is 15.4 Å². The molecule has 0 aromatic carbocycles. The van der Waals surface area contributed by atoms with Gasteiger partial charge in [0, 0.05) is 30.9 Å². The fourth-order valence-corrected chi connectivity index (χ4v) is 3.50. The molecule has 1 atom stereocenters. The predicted molar refractivity (Wildman–Crippen MR) is 102 cm³/mol. The molecule has 1 saturated carbocycles. The molecular formula is C20H21F2N5O. The van der Waals surface area contributed by atoms with Gasteiger partial charge in [-0.3, -0.25) is 4.40 Å². The van der Waals surface area contributed by atoms with Crippen LogP contribution in [-0.4, -0.2) is 39.6 Å². The van der Waals surface area contributed by atoms with Crippen LogP contribution in [0.2, 0.25) is 0 Å². The number of nitrogens with zero attached hydrogens (tertiary/aromatic N) is 3. The predicted octanol–water partition coefficient (Wildman–Crippen LogP) is 3.38. The van der Waals surface area contributed by atoms with Gasteiger partial charge in [-0.15, -0.1) is 0 Å². The van der Waals surface area contributed by atoms with Crippen LogP contribution in [0.3, 0.4) is 0 Å². The van der Waals surface area contributed by atoms with E-state index in [2.05, 4.69) is 20.6 Å². The van der Waals surface area contributed by atoms with E-state index < -0.39 is 11.6 Å². The number of ether oxygens (including phenoxy) is 1. The first-order valence-electron chi connectivity index (χ1n) is 9.65. The first-order chi connectivity index (χ1) is 13.7. The molecule has 1 aliphatic heterocycles. The van der Waals surface area contributed by atoms with Crippen molar-refractivity contribution in [1.82, 2.24) is 19.7 Å². The number of hydrogen-bond donors (Lipinski definition) is 2. The van der Waals surface area contributed by atoms with Crippen LogP contribution in [0.25, 0.3) is 17.0 Å². The van der Waals surface area contributed by atoms with Gasteiger partial charge in [-0.25, -0.2) is 18.7 Å². The van der Waals surface area contributed by atoms with Crippen molar-refractivity contribution in [2.75, 3.05) is 18.4 Å². The van der Waals surface area contributed by atoms with Crippen LogP contribution in [-0.2, 0) is 0 Å². The SMILES string of the molecule is Fc1cc(F)c(-c2cnc3cc(OC4CC4)ccn23)nc1N[C@@H]1CCCNC1. The van der Waals surface area contributed by atoms with E-state index >= 15 is 0 Å². The maximum absolute atomic E-state index is 14.6. The normalized spacial score (nSPS) is 19.7. The van der Waals surface area contributed by atoms with Gasteiger partial charge in [0.25, 0.3) is 0 Å². The highest BCUT2D eigenvalue weighted by Crippen LogP contribution is 2.30. The average Bonchev–Trinajstić information content (AvgIpc) is 3.41. The van der Waals surface area contributed by atoms with Crippen molar-refractivity contribution in [3.05, 3.63) is 42.2 Å². The molecule has 28 heavy (non-hydrogen) atoms. The van der Waals surface area contributed by atoms with Crippen molar-refractivity contribution in [2.24, 2.45) is 0 Å². The summed E-state index contributed by atoms with van der Waals surface area (Å²) >= 11 is 0. The van der Waals surface area contributed by atoms with Crippen molar-refractivity contribution < 1.29 is 13.5 Å². The summed E-state index contributed by atoms with van der Waals surface area (Å²) in [5, 5.41) is 6.36. The second-order valence-corrected chi connectivity index (χ2v) is 7.39. The first kappa shape index (κ1) is 17.4. The minimum absolute atomic E-state index is 0.0636. The second-order valence-electron chi connectivity index (χ2n) is 7.39. The van der Waals surface area contributed by atoms with Gasteiger partial charge >= 0.3 is 0 Å². The number of aromatic nitrogens is 3. The molecule has 6 nitrogen and oxygen atoms in total. The molecule has 0 amide bonds. The van der Waals surface area contributed by atoms with E-state index in [1.807, 2.05) is 12.1 Å². The number of piperidine rings is 1. The Morgan fingerprint density at radius 2 is 2.07 bits per heavy atom. The number of rotatable bonds is 5. The molecule has 2 aliphatic rings. The molecule has 2 N–H and O–H groups in total. The highest BCUT2D eigenvalue weighted by Gasteiger charge is 2.24. The molecule has 146 valence electrons. The number of hydrogen-bond acceptors (Lipinski definition) is 5. The second kappa shape index (κ2) is 7.01. The Morgan fingerprint density at radius 3 is 2.86 bits per heavy atom. The summed E-state index contributed by atoms with van der Waals surface area (Å²) in [6.07, 6.45) is 7.68. The van der Waals surface area contributed by atoms with Gasteiger partial charge in [0.05, 0.1) is 18.0 Å². The number of fused-ring (bicyclic) bond motifs is 1. The Kier molecular flexibility index (Phi) is 4.35. The highest BCUT2D eigenvalue weighted by molar-refractivity contribution is 5.63. The Balaban J connectivity index is 1.48. The summed E-state index contributed by atoms with van der Waals surface area (Å²) in [7, 11) is 0. The molecule has 3 aromatic rings. The van der Waals surface area contributed by atoms with E-state index in [0.717, 1.165) is 50.6 Å². The van der Waals surface area contributed by atoms with Crippen molar-refractivity contribution in [3.63, 3.8) is 0 Å². The van der Waals surface area contributed by atoms with Gasteiger partial charge in [0.15, 0.2) is 17.5 Å². The third kappa shape index (κ3) is 3.40. The maximum Gasteiger partial charge on any atom is 0.168 e. The van der Waals surface area contributed by atoms with Crippen LogP contribution in [0.4, 0.5) is 14.6 Å². The summed E-state index contributed by atoms with van der Waals surface area (Å²) in [6, 6.07) is 4.59. The van der Waals surface area contributed by atoms with E-state index in [9.17, 15) is 8.78 Å². The Morgan fingerprint density at radius 1 is 1.18 bits per heavy atom. The molecule has 0 bridgehead atoms. The fourth-order valence-electron chi connectivity index (χ4n) is 3.50. The molecule has 4 heterocycles. The summed E-state index contributed by atoms with van der Waals surface area (Å²) < 4.78 is 36.4. The molecule has 2 fully saturated rings. The van der Waals surface area contributed by atoms with Crippen molar-refractivity contribution in [1.29, 1.82) is 0 Å². The molecule has 5 rings (SSSR count). The monoisotopic (exact) mass is 385 g/mol. The zero-order chi connectivity index (χ0) is 19.1. The first-order valence-corrected chi connectivity index (χ1v) is 9.65. The van der Waals surface area contributed by atoms with Gasteiger partial charge in [-0.1, -0.05) is 0 Å². The van der Waals surface area contributed by atoms with Crippen molar-refractivity contribution in [2.45, 2.75) is 37.8 Å². The zero-order valence-electron chi connectivity index (χ0n) is 15.3. The Labute approximate surface area is 160 Å². The smallest absolute Gasteiger partial charge is 0.168 e. The lowest BCUT2D eigenvalue weighted by atomic mass is 10.1. The lowest BCUT2D eigenvalue weighted by molar-refractivity contribution is 0.303. The lowest BCUT2D eigenvalue weighted by Gasteiger charge is -2.24. The third-order valence-corrected chi connectivity index (χ3v) is 5.12. The van der Waals surface area contributed by atoms with Crippen LogP contribution < -0.4 is 15.4 Å². The van der Waals surface area contributed by atoms with Gasteiger partial charge in [0.2, 0.25) is 0 Å². The van der Waals surface area contributed by atoms with Crippen LogP contribution >= 0.6 is 0 Å². The average molecular weight is 385 g/mol. The number of nitrogens with one attached hydrogen (secondary N) is 2.